The molecule has 0 bridgehead atoms. The fraction of sp³-hybridized carbons (Fsp3) is 0.286. The summed E-state index contributed by atoms with van der Waals surface area (Å²) >= 11 is 7.86. The zero-order valence-electron chi connectivity index (χ0n) is 19.9. The zero-order valence-corrected chi connectivity index (χ0v) is 21.5. The van der Waals surface area contributed by atoms with Gasteiger partial charge in [-0.05, 0) is 71.3 Å². The molecule has 4 rings (SSSR count). The van der Waals surface area contributed by atoms with Crippen molar-refractivity contribution in [1.29, 1.82) is 0 Å². The number of hydrogen-bond donors (Lipinski definition) is 0. The maximum Gasteiger partial charge on any atom is 0.192 e. The van der Waals surface area contributed by atoms with Crippen molar-refractivity contribution in [2.45, 2.75) is 57.5 Å². The molecule has 0 spiro atoms. The monoisotopic (exact) mass is 475 g/mol. The van der Waals surface area contributed by atoms with E-state index in [4.69, 9.17) is 11.6 Å². The number of hydrogen-bond acceptors (Lipinski definition) is 3. The van der Waals surface area contributed by atoms with Gasteiger partial charge in [-0.1, -0.05) is 86.6 Å². The maximum absolute atomic E-state index is 6.11. The van der Waals surface area contributed by atoms with Gasteiger partial charge in [0.2, 0.25) is 0 Å². The van der Waals surface area contributed by atoms with Gasteiger partial charge in [0.15, 0.2) is 11.0 Å². The number of thioether (sulfide) groups is 1. The number of benzene rings is 3. The van der Waals surface area contributed by atoms with Crippen LogP contribution in [0.1, 0.15) is 48.6 Å². The van der Waals surface area contributed by atoms with Gasteiger partial charge >= 0.3 is 0 Å². The highest BCUT2D eigenvalue weighted by atomic mass is 35.5. The number of nitrogens with zero attached hydrogens (tertiary/aromatic N) is 3. The highest BCUT2D eigenvalue weighted by molar-refractivity contribution is 7.98. The van der Waals surface area contributed by atoms with Gasteiger partial charge in [-0.2, -0.15) is 0 Å². The van der Waals surface area contributed by atoms with Crippen molar-refractivity contribution >= 4 is 23.4 Å². The van der Waals surface area contributed by atoms with Crippen molar-refractivity contribution in [1.82, 2.24) is 14.8 Å². The Hall–Kier alpha value is -2.56. The topological polar surface area (TPSA) is 30.7 Å². The normalized spacial score (nSPS) is 11.7. The van der Waals surface area contributed by atoms with Crippen LogP contribution in [0.4, 0.5) is 0 Å². The van der Waals surface area contributed by atoms with E-state index in [9.17, 15) is 0 Å². The van der Waals surface area contributed by atoms with E-state index in [1.54, 1.807) is 11.8 Å². The number of aryl methyl sites for hydroxylation is 2. The molecule has 0 fully saturated rings. The third kappa shape index (κ3) is 5.51. The Morgan fingerprint density at radius 3 is 2.12 bits per heavy atom. The molecule has 0 aliphatic rings. The largest absolute Gasteiger partial charge is 0.298 e. The Morgan fingerprint density at radius 1 is 0.879 bits per heavy atom. The molecule has 1 heterocycles. The van der Waals surface area contributed by atoms with E-state index in [2.05, 4.69) is 85.8 Å². The van der Waals surface area contributed by atoms with E-state index in [1.165, 1.54) is 27.8 Å². The van der Waals surface area contributed by atoms with E-state index < -0.39 is 0 Å². The molecular formula is C28H30ClN3S. The molecule has 0 saturated heterocycles. The van der Waals surface area contributed by atoms with E-state index in [0.29, 0.717) is 5.02 Å². The summed E-state index contributed by atoms with van der Waals surface area (Å²) < 4.78 is 2.21. The van der Waals surface area contributed by atoms with Gasteiger partial charge in [-0.25, -0.2) is 0 Å². The lowest BCUT2D eigenvalue weighted by atomic mass is 9.84. The maximum atomic E-state index is 6.11. The number of aromatic nitrogens is 3. The second kappa shape index (κ2) is 9.74. The van der Waals surface area contributed by atoms with Gasteiger partial charge in [-0.15, -0.1) is 10.2 Å². The zero-order chi connectivity index (χ0) is 23.6. The molecule has 0 unspecified atom stereocenters. The van der Waals surface area contributed by atoms with Crippen LogP contribution in [0.15, 0.2) is 71.9 Å². The minimum Gasteiger partial charge on any atom is -0.298 e. The van der Waals surface area contributed by atoms with Gasteiger partial charge in [0, 0.05) is 16.3 Å². The van der Waals surface area contributed by atoms with Gasteiger partial charge in [0.1, 0.15) is 0 Å². The van der Waals surface area contributed by atoms with Crippen LogP contribution in [0.5, 0.6) is 0 Å². The first-order valence-corrected chi connectivity index (χ1v) is 12.5. The van der Waals surface area contributed by atoms with E-state index in [-0.39, 0.29) is 5.41 Å². The Labute approximate surface area is 206 Å². The molecule has 0 aliphatic heterocycles. The predicted molar refractivity (Wildman–Crippen MR) is 140 cm³/mol. The molecule has 5 heteroatoms. The van der Waals surface area contributed by atoms with E-state index >= 15 is 0 Å². The quantitative estimate of drug-likeness (QED) is 0.266. The van der Waals surface area contributed by atoms with Crippen LogP contribution < -0.4 is 0 Å². The molecule has 0 N–H and O–H groups in total. The van der Waals surface area contributed by atoms with Gasteiger partial charge in [0.05, 0.1) is 6.54 Å². The van der Waals surface area contributed by atoms with Crippen molar-refractivity contribution in [3.05, 3.63) is 99.6 Å². The lowest BCUT2D eigenvalue weighted by Crippen LogP contribution is -2.12. The highest BCUT2D eigenvalue weighted by Gasteiger charge is 2.18. The van der Waals surface area contributed by atoms with Gasteiger partial charge in [0.25, 0.3) is 0 Å². The molecule has 0 aliphatic carbocycles. The lowest BCUT2D eigenvalue weighted by molar-refractivity contribution is 0.589. The van der Waals surface area contributed by atoms with Crippen LogP contribution in [0, 0.1) is 13.8 Å². The Kier molecular flexibility index (Phi) is 6.96. The smallest absolute Gasteiger partial charge is 0.192 e. The van der Waals surface area contributed by atoms with Crippen molar-refractivity contribution in [3.63, 3.8) is 0 Å². The van der Waals surface area contributed by atoms with Crippen molar-refractivity contribution in [2.75, 3.05) is 0 Å². The molecule has 0 amide bonds. The van der Waals surface area contributed by atoms with Crippen molar-refractivity contribution in [2.24, 2.45) is 0 Å². The lowest BCUT2D eigenvalue weighted by Gasteiger charge is -2.22. The fourth-order valence-corrected chi connectivity index (χ4v) is 5.17. The number of halogens is 1. The molecule has 3 nitrogen and oxygen atoms in total. The highest BCUT2D eigenvalue weighted by Crippen LogP contribution is 2.32. The summed E-state index contributed by atoms with van der Waals surface area (Å²) in [5.74, 6) is 1.71. The second-order valence-corrected chi connectivity index (χ2v) is 10.9. The summed E-state index contributed by atoms with van der Waals surface area (Å²) in [7, 11) is 0. The molecule has 0 saturated carbocycles. The third-order valence-electron chi connectivity index (χ3n) is 5.91. The van der Waals surface area contributed by atoms with Crippen LogP contribution in [0.25, 0.3) is 11.4 Å². The predicted octanol–water partition coefficient (Wildman–Crippen LogP) is 7.85. The fourth-order valence-electron chi connectivity index (χ4n) is 3.91. The Balaban J connectivity index is 1.66. The summed E-state index contributed by atoms with van der Waals surface area (Å²) in [4.78, 5) is 0. The van der Waals surface area contributed by atoms with E-state index in [1.807, 2.05) is 30.3 Å². The van der Waals surface area contributed by atoms with Crippen LogP contribution in [0.2, 0.25) is 5.02 Å². The summed E-state index contributed by atoms with van der Waals surface area (Å²) in [6, 6.07) is 22.9. The third-order valence-corrected chi connectivity index (χ3v) is 7.16. The van der Waals surface area contributed by atoms with Gasteiger partial charge < -0.3 is 0 Å². The summed E-state index contributed by atoms with van der Waals surface area (Å²) in [5, 5.41) is 10.8. The first kappa shape index (κ1) is 23.6. The van der Waals surface area contributed by atoms with Crippen molar-refractivity contribution < 1.29 is 0 Å². The van der Waals surface area contributed by atoms with Crippen LogP contribution in [-0.2, 0) is 17.7 Å². The summed E-state index contributed by atoms with van der Waals surface area (Å²) in [6.07, 6.45) is 0. The Morgan fingerprint density at radius 2 is 1.52 bits per heavy atom. The molecule has 3 aromatic carbocycles. The first-order valence-electron chi connectivity index (χ1n) is 11.2. The van der Waals surface area contributed by atoms with E-state index in [0.717, 1.165) is 28.8 Å². The summed E-state index contributed by atoms with van der Waals surface area (Å²) in [5.41, 5.74) is 7.79. The average molecular weight is 476 g/mol. The average Bonchev–Trinajstić information content (AvgIpc) is 3.16. The van der Waals surface area contributed by atoms with Gasteiger partial charge in [-0.3, -0.25) is 4.57 Å². The standard InChI is InChI=1S/C28H30ClN3S/c1-19-15-23(28(3,4)5)16-20(2)25(19)18-33-27-31-30-26(22-11-13-24(29)14-12-22)32(27)17-21-9-7-6-8-10-21/h6-16H,17-18H2,1-5H3. The minimum atomic E-state index is 0.143. The van der Waals surface area contributed by atoms with Crippen LogP contribution in [-0.4, -0.2) is 14.8 Å². The minimum absolute atomic E-state index is 0.143. The number of rotatable bonds is 6. The van der Waals surface area contributed by atoms with Crippen molar-refractivity contribution in [3.8, 4) is 11.4 Å². The Bertz CT molecular complexity index is 1220. The molecule has 4 aromatic rings. The molecule has 170 valence electrons. The molecular weight excluding hydrogens is 446 g/mol. The molecule has 0 atom stereocenters. The van der Waals surface area contributed by atoms with Crippen LogP contribution >= 0.6 is 23.4 Å². The second-order valence-electron chi connectivity index (χ2n) is 9.51. The summed E-state index contributed by atoms with van der Waals surface area (Å²) in [6.45, 7) is 11.9. The van der Waals surface area contributed by atoms with Crippen LogP contribution in [0.3, 0.4) is 0 Å². The first-order chi connectivity index (χ1) is 15.7. The molecule has 0 radical (unpaired) electrons. The SMILES string of the molecule is Cc1cc(C(C)(C)C)cc(C)c1CSc1nnc(-c2ccc(Cl)cc2)n1Cc1ccccc1. The molecule has 33 heavy (non-hydrogen) atoms. The molecule has 1 aromatic heterocycles.